The molecule has 0 heterocycles. The van der Waals surface area contributed by atoms with Gasteiger partial charge in [0.2, 0.25) is 0 Å². The standard InChI is InChI=1S/C9H13N3O/c10-6-7-11-9(12-13)8-4-2-1-3-5-8/h1-5,13H,6-7,10H2,(H,11,12). The highest BCUT2D eigenvalue weighted by atomic mass is 16.5. The third kappa shape index (κ3) is 2.85. The Morgan fingerprint density at radius 2 is 2.08 bits per heavy atom. The highest BCUT2D eigenvalue weighted by Crippen LogP contribution is 1.98. The van der Waals surface area contributed by atoms with Crippen molar-refractivity contribution in [3.8, 4) is 0 Å². The molecule has 1 aromatic carbocycles. The second-order valence-corrected chi connectivity index (χ2v) is 2.50. The molecule has 70 valence electrons. The maximum absolute atomic E-state index is 8.78. The molecule has 0 saturated heterocycles. The van der Waals surface area contributed by atoms with Gasteiger partial charge in [0.15, 0.2) is 5.84 Å². The van der Waals surface area contributed by atoms with Crippen molar-refractivity contribution >= 4 is 5.84 Å². The summed E-state index contributed by atoms with van der Waals surface area (Å²) in [5.41, 5.74) is 8.19. The molecule has 0 saturated carbocycles. The van der Waals surface area contributed by atoms with Gasteiger partial charge in [0.1, 0.15) is 0 Å². The molecule has 0 aliphatic heterocycles. The zero-order valence-corrected chi connectivity index (χ0v) is 7.27. The number of nitrogens with two attached hydrogens (primary N) is 1. The smallest absolute Gasteiger partial charge is 0.152 e. The SMILES string of the molecule is NCCN=C(NO)c1ccccc1. The van der Waals surface area contributed by atoms with Gasteiger partial charge in [0.05, 0.1) is 6.54 Å². The van der Waals surface area contributed by atoms with Crippen LogP contribution in [-0.2, 0) is 0 Å². The monoisotopic (exact) mass is 179 g/mol. The van der Waals surface area contributed by atoms with E-state index >= 15 is 0 Å². The van der Waals surface area contributed by atoms with Gasteiger partial charge < -0.3 is 5.73 Å². The molecule has 4 nitrogen and oxygen atoms in total. The van der Waals surface area contributed by atoms with Crippen LogP contribution in [0.4, 0.5) is 0 Å². The zero-order valence-electron chi connectivity index (χ0n) is 7.27. The number of benzene rings is 1. The van der Waals surface area contributed by atoms with Crippen LogP contribution in [0.1, 0.15) is 5.56 Å². The number of rotatable bonds is 3. The first-order chi connectivity index (χ1) is 6.38. The third-order valence-electron chi connectivity index (χ3n) is 1.55. The lowest BCUT2D eigenvalue weighted by atomic mass is 10.2. The number of nitrogens with one attached hydrogen (secondary N) is 1. The Balaban J connectivity index is 2.78. The highest BCUT2D eigenvalue weighted by Gasteiger charge is 1.98. The molecule has 0 bridgehead atoms. The van der Waals surface area contributed by atoms with Crippen LogP contribution in [0, 0.1) is 0 Å². The van der Waals surface area contributed by atoms with Crippen molar-refractivity contribution in [1.82, 2.24) is 5.48 Å². The summed E-state index contributed by atoms with van der Waals surface area (Å²) in [5.74, 6) is 0.450. The predicted octanol–water partition coefficient (Wildman–Crippen LogP) is 0.371. The Morgan fingerprint density at radius 1 is 1.38 bits per heavy atom. The van der Waals surface area contributed by atoms with Crippen LogP contribution in [0.3, 0.4) is 0 Å². The van der Waals surface area contributed by atoms with Crippen molar-refractivity contribution < 1.29 is 5.21 Å². The van der Waals surface area contributed by atoms with Crippen molar-refractivity contribution in [2.75, 3.05) is 13.1 Å². The first-order valence-corrected chi connectivity index (χ1v) is 4.08. The van der Waals surface area contributed by atoms with E-state index in [-0.39, 0.29) is 0 Å². The van der Waals surface area contributed by atoms with Crippen LogP contribution >= 0.6 is 0 Å². The van der Waals surface area contributed by atoms with Crippen LogP contribution in [0.2, 0.25) is 0 Å². The van der Waals surface area contributed by atoms with E-state index in [1.165, 1.54) is 0 Å². The summed E-state index contributed by atoms with van der Waals surface area (Å²) in [4.78, 5) is 4.06. The van der Waals surface area contributed by atoms with Crippen molar-refractivity contribution in [2.24, 2.45) is 10.7 Å². The van der Waals surface area contributed by atoms with Crippen LogP contribution in [-0.4, -0.2) is 24.1 Å². The summed E-state index contributed by atoms with van der Waals surface area (Å²) in [6.07, 6.45) is 0. The summed E-state index contributed by atoms with van der Waals surface area (Å²) < 4.78 is 0. The van der Waals surface area contributed by atoms with Crippen molar-refractivity contribution in [3.05, 3.63) is 35.9 Å². The van der Waals surface area contributed by atoms with Gasteiger partial charge in [-0.3, -0.25) is 15.7 Å². The van der Waals surface area contributed by atoms with Crippen molar-refractivity contribution in [3.63, 3.8) is 0 Å². The van der Waals surface area contributed by atoms with Gasteiger partial charge in [-0.1, -0.05) is 30.3 Å². The van der Waals surface area contributed by atoms with Gasteiger partial charge in [-0.2, -0.15) is 0 Å². The number of hydroxylamine groups is 1. The second-order valence-electron chi connectivity index (χ2n) is 2.50. The molecular formula is C9H13N3O. The van der Waals surface area contributed by atoms with Crippen LogP contribution in [0.5, 0.6) is 0 Å². The van der Waals surface area contributed by atoms with E-state index in [9.17, 15) is 0 Å². The topological polar surface area (TPSA) is 70.6 Å². The first-order valence-electron chi connectivity index (χ1n) is 4.08. The second kappa shape index (κ2) is 5.29. The fourth-order valence-electron chi connectivity index (χ4n) is 0.964. The minimum atomic E-state index is 0.450. The molecule has 0 unspecified atom stereocenters. The van der Waals surface area contributed by atoms with Crippen LogP contribution < -0.4 is 11.2 Å². The Kier molecular flexibility index (Phi) is 3.95. The Labute approximate surface area is 77.1 Å². The van der Waals surface area contributed by atoms with Gasteiger partial charge in [-0.15, -0.1) is 0 Å². The molecule has 0 fully saturated rings. The first kappa shape index (κ1) is 9.70. The maximum Gasteiger partial charge on any atom is 0.152 e. The quantitative estimate of drug-likeness (QED) is 0.356. The lowest BCUT2D eigenvalue weighted by Gasteiger charge is -2.03. The van der Waals surface area contributed by atoms with E-state index in [1.54, 1.807) is 0 Å². The Morgan fingerprint density at radius 3 is 2.62 bits per heavy atom. The molecule has 4 heteroatoms. The van der Waals surface area contributed by atoms with Crippen LogP contribution in [0.25, 0.3) is 0 Å². The lowest BCUT2D eigenvalue weighted by Crippen LogP contribution is -2.21. The number of aliphatic imine (C=N–C) groups is 1. The Bertz CT molecular complexity index is 271. The fourth-order valence-corrected chi connectivity index (χ4v) is 0.964. The van der Waals surface area contributed by atoms with Crippen molar-refractivity contribution in [2.45, 2.75) is 0 Å². The average molecular weight is 179 g/mol. The number of nitrogens with zero attached hydrogens (tertiary/aromatic N) is 1. The molecule has 0 atom stereocenters. The zero-order chi connectivity index (χ0) is 9.52. The minimum Gasteiger partial charge on any atom is -0.329 e. The molecule has 0 aliphatic rings. The van der Waals surface area contributed by atoms with Gasteiger partial charge in [0.25, 0.3) is 0 Å². The van der Waals surface area contributed by atoms with E-state index in [0.717, 1.165) is 5.56 Å². The molecule has 0 amide bonds. The summed E-state index contributed by atoms with van der Waals surface area (Å²) in [7, 11) is 0. The fraction of sp³-hybridized carbons (Fsp3) is 0.222. The normalized spacial score (nSPS) is 11.4. The minimum absolute atomic E-state index is 0.450. The summed E-state index contributed by atoms with van der Waals surface area (Å²) in [6.45, 7) is 0.968. The molecule has 13 heavy (non-hydrogen) atoms. The molecule has 1 rings (SSSR count). The lowest BCUT2D eigenvalue weighted by molar-refractivity contribution is 0.234. The van der Waals surface area contributed by atoms with Crippen molar-refractivity contribution in [1.29, 1.82) is 0 Å². The largest absolute Gasteiger partial charge is 0.329 e. The van der Waals surface area contributed by atoms with E-state index in [0.29, 0.717) is 18.9 Å². The molecule has 0 spiro atoms. The van der Waals surface area contributed by atoms with Gasteiger partial charge >= 0.3 is 0 Å². The predicted molar refractivity (Wildman–Crippen MR) is 51.8 cm³/mol. The maximum atomic E-state index is 8.78. The third-order valence-corrected chi connectivity index (χ3v) is 1.55. The van der Waals surface area contributed by atoms with Gasteiger partial charge in [-0.05, 0) is 0 Å². The van der Waals surface area contributed by atoms with E-state index < -0.39 is 0 Å². The molecular weight excluding hydrogens is 166 g/mol. The summed E-state index contributed by atoms with van der Waals surface area (Å²) in [5, 5.41) is 8.78. The number of hydrogen-bond acceptors (Lipinski definition) is 3. The average Bonchev–Trinajstić information content (AvgIpc) is 2.21. The van der Waals surface area contributed by atoms with Gasteiger partial charge in [-0.25, -0.2) is 0 Å². The van der Waals surface area contributed by atoms with E-state index in [4.69, 9.17) is 10.9 Å². The Hall–Kier alpha value is -1.39. The summed E-state index contributed by atoms with van der Waals surface area (Å²) in [6, 6.07) is 9.38. The molecule has 0 aromatic heterocycles. The molecule has 0 radical (unpaired) electrons. The summed E-state index contributed by atoms with van der Waals surface area (Å²) >= 11 is 0. The van der Waals surface area contributed by atoms with Gasteiger partial charge in [0, 0.05) is 12.1 Å². The number of amidine groups is 1. The van der Waals surface area contributed by atoms with E-state index in [1.807, 2.05) is 35.8 Å². The van der Waals surface area contributed by atoms with Crippen LogP contribution in [0.15, 0.2) is 35.3 Å². The molecule has 4 N–H and O–H groups in total. The molecule has 0 aliphatic carbocycles. The highest BCUT2D eigenvalue weighted by molar-refractivity contribution is 5.97. The molecule has 1 aromatic rings. The van der Waals surface area contributed by atoms with E-state index in [2.05, 4.69) is 4.99 Å². The number of hydrogen-bond donors (Lipinski definition) is 3.